The van der Waals surface area contributed by atoms with Crippen LogP contribution in [0.25, 0.3) is 0 Å². The summed E-state index contributed by atoms with van der Waals surface area (Å²) in [5.41, 5.74) is 0. The Morgan fingerprint density at radius 2 is 1.70 bits per heavy atom. The molecule has 0 aliphatic heterocycles. The number of hydrogen-bond donors (Lipinski definition) is 1. The van der Waals surface area contributed by atoms with E-state index in [4.69, 9.17) is 9.90 Å². The molecular weight excluding hydrogens is 153 g/mol. The minimum absolute atomic E-state index is 2.35. The monoisotopic (exact) mass is 156 g/mol. The molecule has 0 aromatic heterocycles. The van der Waals surface area contributed by atoms with E-state index in [1.54, 1.807) is 0 Å². The summed E-state index contributed by atoms with van der Waals surface area (Å²) in [5.74, 6) is 0. The molecule has 0 radical (unpaired) electrons. The molecule has 3 nitrogen and oxygen atoms in total. The second-order valence-electron chi connectivity index (χ2n) is 0.814. The van der Waals surface area contributed by atoms with Gasteiger partial charge < -0.3 is 9.84 Å². The Labute approximate surface area is 54.4 Å². The highest BCUT2D eigenvalue weighted by atomic mass is 19.4. The SMILES string of the molecule is C#C.O=C(O)OC(F)(F)F. The maximum absolute atomic E-state index is 10.7. The average Bonchev–Trinajstić information content (AvgIpc) is 1.64. The van der Waals surface area contributed by atoms with Crippen LogP contribution in [0.15, 0.2) is 0 Å². The first-order chi connectivity index (χ1) is 4.42. The molecule has 0 aliphatic rings. The lowest BCUT2D eigenvalue weighted by Gasteiger charge is -2.00. The Bertz CT molecular complexity index is 125. The molecule has 58 valence electrons. The van der Waals surface area contributed by atoms with Crippen molar-refractivity contribution in [3.05, 3.63) is 0 Å². The van der Waals surface area contributed by atoms with E-state index < -0.39 is 12.5 Å². The van der Waals surface area contributed by atoms with Gasteiger partial charge in [-0.1, -0.05) is 0 Å². The van der Waals surface area contributed by atoms with Crippen LogP contribution in [0.4, 0.5) is 18.0 Å². The fraction of sp³-hybridized carbons (Fsp3) is 0.250. The van der Waals surface area contributed by atoms with E-state index in [0.29, 0.717) is 0 Å². The largest absolute Gasteiger partial charge is 0.577 e. The maximum atomic E-state index is 10.7. The molecule has 0 amide bonds. The summed E-state index contributed by atoms with van der Waals surface area (Å²) < 4.78 is 34.5. The predicted molar refractivity (Wildman–Crippen MR) is 25.1 cm³/mol. The van der Waals surface area contributed by atoms with Crippen LogP contribution >= 0.6 is 0 Å². The predicted octanol–water partition coefficient (Wildman–Crippen LogP) is 1.45. The van der Waals surface area contributed by atoms with Gasteiger partial charge in [-0.3, -0.25) is 0 Å². The molecule has 0 saturated carbocycles. The lowest BCUT2D eigenvalue weighted by Crippen LogP contribution is -2.17. The van der Waals surface area contributed by atoms with Gasteiger partial charge in [0.25, 0.3) is 0 Å². The van der Waals surface area contributed by atoms with Crippen molar-refractivity contribution in [3.8, 4) is 12.8 Å². The molecule has 6 heteroatoms. The van der Waals surface area contributed by atoms with Crippen LogP contribution in [0.3, 0.4) is 0 Å². The Balaban J connectivity index is 0. The van der Waals surface area contributed by atoms with Crippen LogP contribution in [-0.2, 0) is 4.74 Å². The second-order valence-corrected chi connectivity index (χ2v) is 0.814. The molecule has 1 N–H and O–H groups in total. The number of alkyl halides is 3. The van der Waals surface area contributed by atoms with Crippen molar-refractivity contribution in [1.29, 1.82) is 0 Å². The van der Waals surface area contributed by atoms with Gasteiger partial charge in [0, 0.05) is 0 Å². The van der Waals surface area contributed by atoms with E-state index in [1.807, 2.05) is 0 Å². The quantitative estimate of drug-likeness (QED) is 0.426. The Kier molecular flexibility index (Phi) is 5.13. The lowest BCUT2D eigenvalue weighted by atomic mass is 11.2. The van der Waals surface area contributed by atoms with Gasteiger partial charge in [-0.25, -0.2) is 4.79 Å². The second kappa shape index (κ2) is 4.49. The summed E-state index contributed by atoms with van der Waals surface area (Å²) in [6.07, 6.45) is 0.573. The van der Waals surface area contributed by atoms with Crippen molar-refractivity contribution in [3.63, 3.8) is 0 Å². The first-order valence-corrected chi connectivity index (χ1v) is 1.74. The molecular formula is C4H3F3O3. The molecule has 0 unspecified atom stereocenters. The molecule has 0 heterocycles. The van der Waals surface area contributed by atoms with Gasteiger partial charge in [0.15, 0.2) is 0 Å². The first kappa shape index (κ1) is 11.4. The van der Waals surface area contributed by atoms with Gasteiger partial charge in [0.2, 0.25) is 0 Å². The molecule has 0 saturated heterocycles. The Morgan fingerprint density at radius 3 is 1.70 bits per heavy atom. The standard InChI is InChI=1S/C2HF3O3.C2H2/c3-2(4,5)8-1(6)7;1-2/h(H,6,7);1-2H. The third kappa shape index (κ3) is 16.0. The number of rotatable bonds is 0. The van der Waals surface area contributed by atoms with Gasteiger partial charge in [0.1, 0.15) is 0 Å². The molecule has 0 aromatic rings. The highest BCUT2D eigenvalue weighted by molar-refractivity contribution is 5.56. The maximum Gasteiger partial charge on any atom is 0.577 e. The van der Waals surface area contributed by atoms with Crippen molar-refractivity contribution in [2.75, 3.05) is 0 Å². The van der Waals surface area contributed by atoms with E-state index in [0.717, 1.165) is 0 Å². The minimum atomic E-state index is -5.08. The van der Waals surface area contributed by atoms with E-state index in [1.165, 1.54) is 0 Å². The zero-order valence-electron chi connectivity index (χ0n) is 4.55. The van der Waals surface area contributed by atoms with E-state index >= 15 is 0 Å². The summed E-state index contributed by atoms with van der Waals surface area (Å²) in [5, 5.41) is 7.31. The number of halogens is 3. The van der Waals surface area contributed by atoms with Crippen molar-refractivity contribution < 1.29 is 27.8 Å². The summed E-state index contributed by atoms with van der Waals surface area (Å²) in [7, 11) is 0. The van der Waals surface area contributed by atoms with Crippen molar-refractivity contribution in [1.82, 2.24) is 0 Å². The van der Waals surface area contributed by atoms with E-state index in [9.17, 15) is 13.2 Å². The zero-order chi connectivity index (χ0) is 8.78. The molecule has 10 heavy (non-hydrogen) atoms. The smallest absolute Gasteiger partial charge is 0.450 e. The van der Waals surface area contributed by atoms with Crippen LogP contribution in [0, 0.1) is 12.8 Å². The average molecular weight is 156 g/mol. The molecule has 0 atom stereocenters. The third-order valence-electron chi connectivity index (χ3n) is 0.203. The van der Waals surface area contributed by atoms with E-state index in [2.05, 4.69) is 17.6 Å². The number of carbonyl (C=O) groups is 1. The highest BCUT2D eigenvalue weighted by Gasteiger charge is 2.33. The third-order valence-corrected chi connectivity index (χ3v) is 0.203. The summed E-state index contributed by atoms with van der Waals surface area (Å²) in [4.78, 5) is 9.07. The van der Waals surface area contributed by atoms with E-state index in [-0.39, 0.29) is 0 Å². The lowest BCUT2D eigenvalue weighted by molar-refractivity contribution is -0.297. The number of ether oxygens (including phenoxy) is 1. The van der Waals surface area contributed by atoms with Gasteiger partial charge in [-0.2, -0.15) is 0 Å². The Morgan fingerprint density at radius 1 is 1.40 bits per heavy atom. The van der Waals surface area contributed by atoms with Crippen LogP contribution < -0.4 is 0 Å². The van der Waals surface area contributed by atoms with Gasteiger partial charge in [-0.05, 0) is 0 Å². The molecule has 0 rings (SSSR count). The summed E-state index contributed by atoms with van der Waals surface area (Å²) in [6, 6.07) is 0. The van der Waals surface area contributed by atoms with Crippen molar-refractivity contribution in [2.45, 2.75) is 6.36 Å². The number of terminal acetylenes is 1. The summed E-state index contributed by atoms with van der Waals surface area (Å²) in [6.45, 7) is 0. The van der Waals surface area contributed by atoms with Crippen molar-refractivity contribution >= 4 is 6.16 Å². The fourth-order valence-corrected chi connectivity index (χ4v) is 0.0990. The van der Waals surface area contributed by atoms with Crippen LogP contribution in [0.1, 0.15) is 0 Å². The topological polar surface area (TPSA) is 46.5 Å². The van der Waals surface area contributed by atoms with Crippen molar-refractivity contribution in [2.24, 2.45) is 0 Å². The van der Waals surface area contributed by atoms with Gasteiger partial charge in [-0.15, -0.1) is 26.0 Å². The molecule has 0 fully saturated rings. The molecule has 0 aromatic carbocycles. The number of hydrogen-bond acceptors (Lipinski definition) is 2. The molecule has 0 aliphatic carbocycles. The van der Waals surface area contributed by atoms with Crippen LogP contribution in [0.5, 0.6) is 0 Å². The van der Waals surface area contributed by atoms with Crippen LogP contribution in [0.2, 0.25) is 0 Å². The Hall–Kier alpha value is -1.38. The van der Waals surface area contributed by atoms with Crippen LogP contribution in [-0.4, -0.2) is 17.6 Å². The normalized spacial score (nSPS) is 8.90. The van der Waals surface area contributed by atoms with Gasteiger partial charge >= 0.3 is 12.5 Å². The summed E-state index contributed by atoms with van der Waals surface area (Å²) >= 11 is 0. The minimum Gasteiger partial charge on any atom is -0.450 e. The highest BCUT2D eigenvalue weighted by Crippen LogP contribution is 2.15. The fourth-order valence-electron chi connectivity index (χ4n) is 0.0990. The van der Waals surface area contributed by atoms with Gasteiger partial charge in [0.05, 0.1) is 0 Å². The first-order valence-electron chi connectivity index (χ1n) is 1.74. The molecule has 0 bridgehead atoms. The zero-order valence-corrected chi connectivity index (χ0v) is 4.55. The number of carboxylic acid groups (broad SMARTS) is 1. The molecule has 0 spiro atoms.